The molecule has 2 aromatic rings. The molecule has 5 heteroatoms. The van der Waals surface area contributed by atoms with E-state index in [4.69, 9.17) is 4.74 Å². The first-order valence-corrected chi connectivity index (χ1v) is 9.49. The molecule has 2 unspecified atom stereocenters. The highest BCUT2D eigenvalue weighted by molar-refractivity contribution is 5.94. The average Bonchev–Trinajstić information content (AvgIpc) is 2.63. The van der Waals surface area contributed by atoms with Crippen LogP contribution in [0.4, 0.5) is 4.39 Å². The molecule has 0 bridgehead atoms. The summed E-state index contributed by atoms with van der Waals surface area (Å²) in [5.74, 6) is -0.366. The standard InChI is InChI=1S/C22H27FN2O2/c1-16-13-25(14-17(2)27-16)15-18-7-9-20(10-8-18)22(26)24-12-11-19-5-3-4-6-21(19)23/h3-10,16-17H,11-15H2,1-2H3,(H,24,26). The molecule has 3 rings (SSSR count). The van der Waals surface area contributed by atoms with Crippen LogP contribution in [0.25, 0.3) is 0 Å². The Morgan fingerprint density at radius 3 is 2.44 bits per heavy atom. The van der Waals surface area contributed by atoms with Crippen molar-refractivity contribution in [3.63, 3.8) is 0 Å². The van der Waals surface area contributed by atoms with E-state index < -0.39 is 0 Å². The Hall–Kier alpha value is -2.24. The largest absolute Gasteiger partial charge is 0.373 e. The highest BCUT2D eigenvalue weighted by atomic mass is 19.1. The fourth-order valence-corrected chi connectivity index (χ4v) is 3.55. The fourth-order valence-electron chi connectivity index (χ4n) is 3.55. The molecule has 4 nitrogen and oxygen atoms in total. The summed E-state index contributed by atoms with van der Waals surface area (Å²) >= 11 is 0. The molecule has 2 aromatic carbocycles. The molecule has 0 spiro atoms. The molecular formula is C22H27FN2O2. The first-order chi connectivity index (χ1) is 13.0. The van der Waals surface area contributed by atoms with Crippen LogP contribution in [0.1, 0.15) is 35.3 Å². The van der Waals surface area contributed by atoms with Crippen LogP contribution in [0.2, 0.25) is 0 Å². The fraction of sp³-hybridized carbons (Fsp3) is 0.409. The summed E-state index contributed by atoms with van der Waals surface area (Å²) in [4.78, 5) is 14.7. The van der Waals surface area contributed by atoms with Gasteiger partial charge in [0.15, 0.2) is 0 Å². The lowest BCUT2D eigenvalue weighted by Gasteiger charge is -2.35. The number of carbonyl (C=O) groups is 1. The van der Waals surface area contributed by atoms with Gasteiger partial charge in [0.1, 0.15) is 5.82 Å². The highest BCUT2D eigenvalue weighted by Crippen LogP contribution is 2.15. The van der Waals surface area contributed by atoms with Gasteiger partial charge in [0, 0.05) is 31.7 Å². The third-order valence-electron chi connectivity index (χ3n) is 4.76. The second-order valence-corrected chi connectivity index (χ2v) is 7.25. The van der Waals surface area contributed by atoms with Gasteiger partial charge >= 0.3 is 0 Å². The van der Waals surface area contributed by atoms with Crippen molar-refractivity contribution in [1.29, 1.82) is 0 Å². The average molecular weight is 370 g/mol. The number of morpholine rings is 1. The Bertz CT molecular complexity index is 753. The summed E-state index contributed by atoms with van der Waals surface area (Å²) < 4.78 is 19.4. The molecule has 144 valence electrons. The molecule has 0 radical (unpaired) electrons. The number of nitrogens with one attached hydrogen (secondary N) is 1. The van der Waals surface area contributed by atoms with Crippen molar-refractivity contribution in [2.24, 2.45) is 0 Å². The topological polar surface area (TPSA) is 41.6 Å². The highest BCUT2D eigenvalue weighted by Gasteiger charge is 2.22. The van der Waals surface area contributed by atoms with Crippen molar-refractivity contribution in [3.8, 4) is 0 Å². The number of halogens is 1. The van der Waals surface area contributed by atoms with E-state index in [0.29, 0.717) is 24.1 Å². The third kappa shape index (κ3) is 5.62. The number of nitrogens with zero attached hydrogens (tertiary/aromatic N) is 1. The van der Waals surface area contributed by atoms with E-state index in [0.717, 1.165) is 19.6 Å². The van der Waals surface area contributed by atoms with E-state index in [1.54, 1.807) is 18.2 Å². The zero-order valence-corrected chi connectivity index (χ0v) is 16.0. The van der Waals surface area contributed by atoms with Crippen molar-refractivity contribution in [1.82, 2.24) is 10.2 Å². The van der Waals surface area contributed by atoms with Crippen molar-refractivity contribution < 1.29 is 13.9 Å². The van der Waals surface area contributed by atoms with Gasteiger partial charge in [-0.25, -0.2) is 4.39 Å². The maximum atomic E-state index is 13.6. The molecule has 0 saturated carbocycles. The van der Waals surface area contributed by atoms with Gasteiger partial charge in [-0.3, -0.25) is 9.69 Å². The summed E-state index contributed by atoms with van der Waals surface area (Å²) in [6.45, 7) is 7.29. The maximum Gasteiger partial charge on any atom is 0.251 e. The Morgan fingerprint density at radius 2 is 1.78 bits per heavy atom. The molecule has 2 atom stereocenters. The molecular weight excluding hydrogens is 343 g/mol. The normalized spacial score (nSPS) is 20.4. The van der Waals surface area contributed by atoms with E-state index in [9.17, 15) is 9.18 Å². The minimum atomic E-state index is -0.233. The summed E-state index contributed by atoms with van der Waals surface area (Å²) in [6, 6.07) is 14.3. The number of amides is 1. The summed E-state index contributed by atoms with van der Waals surface area (Å²) in [6.07, 6.45) is 0.964. The van der Waals surface area contributed by atoms with Gasteiger partial charge in [-0.1, -0.05) is 30.3 Å². The van der Waals surface area contributed by atoms with Gasteiger partial charge in [0.25, 0.3) is 5.91 Å². The predicted molar refractivity (Wildman–Crippen MR) is 104 cm³/mol. The van der Waals surface area contributed by atoms with Gasteiger partial charge in [0.2, 0.25) is 0 Å². The van der Waals surface area contributed by atoms with Gasteiger partial charge in [0.05, 0.1) is 12.2 Å². The lowest BCUT2D eigenvalue weighted by atomic mass is 10.1. The zero-order chi connectivity index (χ0) is 19.2. The van der Waals surface area contributed by atoms with Crippen LogP contribution in [0.5, 0.6) is 0 Å². The molecule has 1 aliphatic heterocycles. The van der Waals surface area contributed by atoms with E-state index in [1.807, 2.05) is 24.3 Å². The quantitative estimate of drug-likeness (QED) is 0.847. The van der Waals surface area contributed by atoms with Crippen LogP contribution in [0.15, 0.2) is 48.5 Å². The van der Waals surface area contributed by atoms with Crippen LogP contribution in [-0.4, -0.2) is 42.6 Å². The molecule has 0 aliphatic carbocycles. The predicted octanol–water partition coefficient (Wildman–Crippen LogP) is 3.41. The lowest BCUT2D eigenvalue weighted by Crippen LogP contribution is -2.44. The first-order valence-electron chi connectivity index (χ1n) is 9.49. The van der Waals surface area contributed by atoms with Crippen LogP contribution in [-0.2, 0) is 17.7 Å². The zero-order valence-electron chi connectivity index (χ0n) is 16.0. The van der Waals surface area contributed by atoms with Crippen LogP contribution >= 0.6 is 0 Å². The van der Waals surface area contributed by atoms with Gasteiger partial charge in [-0.2, -0.15) is 0 Å². The van der Waals surface area contributed by atoms with E-state index >= 15 is 0 Å². The Labute approximate surface area is 160 Å². The van der Waals surface area contributed by atoms with E-state index in [2.05, 4.69) is 24.1 Å². The molecule has 27 heavy (non-hydrogen) atoms. The smallest absolute Gasteiger partial charge is 0.251 e. The number of benzene rings is 2. The number of rotatable bonds is 6. The van der Waals surface area contributed by atoms with Crippen LogP contribution < -0.4 is 5.32 Å². The molecule has 0 aromatic heterocycles. The second kappa shape index (κ2) is 9.11. The van der Waals surface area contributed by atoms with Crippen LogP contribution in [0, 0.1) is 5.82 Å². The number of hydrogen-bond acceptors (Lipinski definition) is 3. The Morgan fingerprint density at radius 1 is 1.11 bits per heavy atom. The molecule has 1 heterocycles. The minimum absolute atomic E-state index is 0.133. The first kappa shape index (κ1) is 19.5. The van der Waals surface area contributed by atoms with Crippen molar-refractivity contribution in [3.05, 3.63) is 71.0 Å². The summed E-state index contributed by atoms with van der Waals surface area (Å²) in [5, 5.41) is 2.85. The summed E-state index contributed by atoms with van der Waals surface area (Å²) in [7, 11) is 0. The monoisotopic (exact) mass is 370 g/mol. The van der Waals surface area contributed by atoms with Crippen molar-refractivity contribution in [2.45, 2.75) is 39.0 Å². The van der Waals surface area contributed by atoms with E-state index in [1.165, 1.54) is 11.6 Å². The number of hydrogen-bond donors (Lipinski definition) is 1. The van der Waals surface area contributed by atoms with Gasteiger partial charge < -0.3 is 10.1 Å². The van der Waals surface area contributed by atoms with Crippen LogP contribution in [0.3, 0.4) is 0 Å². The molecule has 1 aliphatic rings. The molecule has 1 fully saturated rings. The third-order valence-corrected chi connectivity index (χ3v) is 4.76. The lowest BCUT2D eigenvalue weighted by molar-refractivity contribution is -0.0704. The maximum absolute atomic E-state index is 13.6. The summed E-state index contributed by atoms with van der Waals surface area (Å²) in [5.41, 5.74) is 2.41. The molecule has 1 N–H and O–H groups in total. The van der Waals surface area contributed by atoms with E-state index in [-0.39, 0.29) is 23.9 Å². The van der Waals surface area contributed by atoms with Gasteiger partial charge in [-0.15, -0.1) is 0 Å². The van der Waals surface area contributed by atoms with Crippen molar-refractivity contribution >= 4 is 5.91 Å². The second-order valence-electron chi connectivity index (χ2n) is 7.25. The Balaban J connectivity index is 1.49. The number of ether oxygens (including phenoxy) is 1. The van der Waals surface area contributed by atoms with Gasteiger partial charge in [-0.05, 0) is 49.6 Å². The SMILES string of the molecule is CC1CN(Cc2ccc(C(=O)NCCc3ccccc3F)cc2)CC(C)O1. The number of carbonyl (C=O) groups excluding carboxylic acids is 1. The minimum Gasteiger partial charge on any atom is -0.373 e. The Kier molecular flexibility index (Phi) is 6.58. The molecule has 1 saturated heterocycles. The molecule has 1 amide bonds. The van der Waals surface area contributed by atoms with Crippen molar-refractivity contribution in [2.75, 3.05) is 19.6 Å².